The average molecular weight is 644 g/mol. The van der Waals surface area contributed by atoms with Gasteiger partial charge < -0.3 is 34.9 Å². The summed E-state index contributed by atoms with van der Waals surface area (Å²) in [6.45, 7) is 5.24. The standard InChI is InChI=1S/C33H45N3O8S/c1-9-18(2)29(33(40)44-7)36-32(39)25(14-15-45-8)35-24-13-11-21-22(17-26(24)38)23(34-19(3)37)12-10-20-16-27(41-4)30(42-5)31(43-6)28(20)21/h11,13,16-18,23,25,29H,9-10,12,14-15H2,1-8H3,(H,34,37)(H,35,38)(H,36,39)/t18-,23+,25+,29+/m1/s1. The molecule has 0 heterocycles. The van der Waals surface area contributed by atoms with Crippen LogP contribution >= 0.6 is 11.8 Å². The Bertz CT molecular complexity index is 1450. The van der Waals surface area contributed by atoms with E-state index in [-0.39, 0.29) is 22.9 Å². The molecule has 0 bridgehead atoms. The monoisotopic (exact) mass is 643 g/mol. The normalized spacial score (nSPS) is 15.6. The van der Waals surface area contributed by atoms with Gasteiger partial charge in [0, 0.05) is 12.5 Å². The molecular weight excluding hydrogens is 598 g/mol. The van der Waals surface area contributed by atoms with Crippen molar-refractivity contribution in [2.24, 2.45) is 5.92 Å². The van der Waals surface area contributed by atoms with Crippen LogP contribution in [0, 0.1) is 5.92 Å². The zero-order valence-corrected chi connectivity index (χ0v) is 28.1. The number of aryl methyl sites for hydroxylation is 1. The second-order valence-corrected chi connectivity index (χ2v) is 12.0. The fourth-order valence-electron chi connectivity index (χ4n) is 5.57. The van der Waals surface area contributed by atoms with E-state index in [4.69, 9.17) is 18.9 Å². The number of hydrogen-bond donors (Lipinski definition) is 3. The van der Waals surface area contributed by atoms with Crippen molar-refractivity contribution in [3.63, 3.8) is 0 Å². The Kier molecular flexibility index (Phi) is 13.0. The van der Waals surface area contributed by atoms with Crippen molar-refractivity contribution in [3.8, 4) is 28.4 Å². The van der Waals surface area contributed by atoms with Crippen LogP contribution in [0.4, 0.5) is 5.69 Å². The number of ether oxygens (including phenoxy) is 4. The smallest absolute Gasteiger partial charge is 0.328 e. The second kappa shape index (κ2) is 16.4. The lowest BCUT2D eigenvalue weighted by Gasteiger charge is -2.25. The summed E-state index contributed by atoms with van der Waals surface area (Å²) in [6, 6.07) is 4.74. The molecular formula is C33H45N3O8S. The first-order valence-corrected chi connectivity index (χ1v) is 16.4. The number of hydrogen-bond acceptors (Lipinski definition) is 10. The summed E-state index contributed by atoms with van der Waals surface area (Å²) in [5, 5.41) is 8.99. The van der Waals surface area contributed by atoms with Gasteiger partial charge in [0.2, 0.25) is 23.0 Å². The third-order valence-electron chi connectivity index (χ3n) is 8.14. The summed E-state index contributed by atoms with van der Waals surface area (Å²) < 4.78 is 22.1. The Hall–Kier alpha value is -3.93. The van der Waals surface area contributed by atoms with Gasteiger partial charge in [-0.15, -0.1) is 0 Å². The molecule has 12 heteroatoms. The Morgan fingerprint density at radius 3 is 2.33 bits per heavy atom. The maximum absolute atomic E-state index is 13.8. The number of esters is 1. The zero-order valence-electron chi connectivity index (χ0n) is 27.3. The highest BCUT2D eigenvalue weighted by Gasteiger charge is 2.32. The lowest BCUT2D eigenvalue weighted by atomic mass is 9.95. The molecule has 45 heavy (non-hydrogen) atoms. The van der Waals surface area contributed by atoms with Crippen molar-refractivity contribution in [1.82, 2.24) is 10.6 Å². The molecule has 246 valence electrons. The molecule has 3 N–H and O–H groups in total. The minimum Gasteiger partial charge on any atom is -0.493 e. The first-order valence-electron chi connectivity index (χ1n) is 15.0. The van der Waals surface area contributed by atoms with Crippen molar-refractivity contribution in [1.29, 1.82) is 0 Å². The summed E-state index contributed by atoms with van der Waals surface area (Å²) in [4.78, 5) is 52.1. The molecule has 0 saturated carbocycles. The van der Waals surface area contributed by atoms with E-state index < -0.39 is 30.0 Å². The molecule has 3 rings (SSSR count). The molecule has 2 amide bonds. The first-order chi connectivity index (χ1) is 21.5. The zero-order chi connectivity index (χ0) is 33.3. The number of benzene rings is 1. The van der Waals surface area contributed by atoms with Crippen molar-refractivity contribution in [2.75, 3.05) is 45.8 Å². The van der Waals surface area contributed by atoms with Gasteiger partial charge >= 0.3 is 5.97 Å². The number of anilines is 1. The number of carbonyl (C=O) groups is 3. The fourth-order valence-corrected chi connectivity index (χ4v) is 6.04. The summed E-state index contributed by atoms with van der Waals surface area (Å²) in [6.07, 6.45) is 4.09. The maximum atomic E-state index is 13.8. The average Bonchev–Trinajstić information content (AvgIpc) is 3.27. The van der Waals surface area contributed by atoms with Crippen LogP contribution in [0.3, 0.4) is 0 Å². The Morgan fingerprint density at radius 2 is 1.76 bits per heavy atom. The lowest BCUT2D eigenvalue weighted by molar-refractivity contribution is -0.146. The number of amides is 2. The van der Waals surface area contributed by atoms with Gasteiger partial charge in [-0.3, -0.25) is 14.4 Å². The SMILES string of the molecule is CC[C@@H](C)[C@H](NC(=O)[C@H](CCSC)Nc1ccc2c(cc1=O)[C@@H](NC(C)=O)CCc1cc(OC)c(OC)c(OC)c1-2)C(=O)OC. The highest BCUT2D eigenvalue weighted by molar-refractivity contribution is 7.98. The van der Waals surface area contributed by atoms with Crippen LogP contribution in [0.5, 0.6) is 17.2 Å². The van der Waals surface area contributed by atoms with E-state index in [0.717, 1.165) is 11.1 Å². The van der Waals surface area contributed by atoms with Crippen LogP contribution in [0.2, 0.25) is 0 Å². The second-order valence-electron chi connectivity index (χ2n) is 11.0. The van der Waals surface area contributed by atoms with Gasteiger partial charge in [0.25, 0.3) is 0 Å². The fraction of sp³-hybridized carbons (Fsp3) is 0.515. The number of methoxy groups -OCH3 is 4. The molecule has 2 aromatic rings. The van der Waals surface area contributed by atoms with Gasteiger partial charge in [0.15, 0.2) is 11.5 Å². The van der Waals surface area contributed by atoms with Crippen molar-refractivity contribution in [2.45, 2.75) is 64.6 Å². The van der Waals surface area contributed by atoms with Gasteiger partial charge in [-0.05, 0) is 72.1 Å². The van der Waals surface area contributed by atoms with Crippen molar-refractivity contribution in [3.05, 3.63) is 45.6 Å². The minimum absolute atomic E-state index is 0.153. The van der Waals surface area contributed by atoms with Crippen LogP contribution in [-0.2, 0) is 25.5 Å². The van der Waals surface area contributed by atoms with E-state index in [2.05, 4.69) is 16.0 Å². The molecule has 2 aromatic carbocycles. The van der Waals surface area contributed by atoms with Gasteiger partial charge in [-0.1, -0.05) is 26.3 Å². The molecule has 0 radical (unpaired) electrons. The van der Waals surface area contributed by atoms with Crippen LogP contribution in [-0.4, -0.2) is 70.3 Å². The molecule has 4 atom stereocenters. The van der Waals surface area contributed by atoms with Gasteiger partial charge in [-0.2, -0.15) is 11.8 Å². The van der Waals surface area contributed by atoms with Crippen LogP contribution in [0.25, 0.3) is 11.1 Å². The van der Waals surface area contributed by atoms with E-state index in [9.17, 15) is 19.2 Å². The molecule has 11 nitrogen and oxygen atoms in total. The third kappa shape index (κ3) is 8.22. The van der Waals surface area contributed by atoms with Crippen LogP contribution in [0.1, 0.15) is 57.2 Å². The van der Waals surface area contributed by atoms with Gasteiger partial charge in [0.1, 0.15) is 12.1 Å². The Labute approximate surface area is 269 Å². The quantitative estimate of drug-likeness (QED) is 0.258. The van der Waals surface area contributed by atoms with Crippen molar-refractivity contribution < 1.29 is 33.3 Å². The first kappa shape index (κ1) is 35.5. The van der Waals surface area contributed by atoms with E-state index in [0.29, 0.717) is 59.8 Å². The summed E-state index contributed by atoms with van der Waals surface area (Å²) >= 11 is 1.57. The third-order valence-corrected chi connectivity index (χ3v) is 8.78. The molecule has 1 aliphatic rings. The number of nitrogens with one attached hydrogen (secondary N) is 3. The van der Waals surface area contributed by atoms with E-state index >= 15 is 0 Å². The molecule has 0 spiro atoms. The molecule has 0 unspecified atom stereocenters. The summed E-state index contributed by atoms with van der Waals surface area (Å²) in [5.41, 5.74) is 2.76. The Balaban J connectivity index is 2.18. The molecule has 1 aliphatic carbocycles. The number of thioether (sulfide) groups is 1. The number of carbonyl (C=O) groups excluding carboxylic acids is 3. The Morgan fingerprint density at radius 1 is 1.04 bits per heavy atom. The predicted molar refractivity (Wildman–Crippen MR) is 176 cm³/mol. The summed E-state index contributed by atoms with van der Waals surface area (Å²) in [5.74, 6) is 0.677. The van der Waals surface area contributed by atoms with E-state index in [1.165, 1.54) is 27.2 Å². The number of rotatable bonds is 14. The van der Waals surface area contributed by atoms with Crippen LogP contribution < -0.4 is 35.6 Å². The molecule has 0 aliphatic heterocycles. The molecule has 0 saturated heterocycles. The molecule has 0 fully saturated rings. The topological polar surface area (TPSA) is 141 Å². The highest BCUT2D eigenvalue weighted by Crippen LogP contribution is 2.50. The van der Waals surface area contributed by atoms with Crippen LogP contribution in [0.15, 0.2) is 29.1 Å². The highest BCUT2D eigenvalue weighted by atomic mass is 32.2. The van der Waals surface area contributed by atoms with E-state index in [1.807, 2.05) is 26.2 Å². The maximum Gasteiger partial charge on any atom is 0.328 e. The van der Waals surface area contributed by atoms with Gasteiger partial charge in [0.05, 0.1) is 40.2 Å². The minimum atomic E-state index is -0.824. The van der Waals surface area contributed by atoms with E-state index in [1.54, 1.807) is 38.1 Å². The molecule has 0 aromatic heterocycles. The van der Waals surface area contributed by atoms with Gasteiger partial charge in [-0.25, -0.2) is 4.79 Å². The lowest BCUT2D eigenvalue weighted by Crippen LogP contribution is -2.51. The number of fused-ring (bicyclic) bond motifs is 3. The summed E-state index contributed by atoms with van der Waals surface area (Å²) in [7, 11) is 5.91. The van der Waals surface area contributed by atoms with Crippen molar-refractivity contribution >= 4 is 35.2 Å². The largest absolute Gasteiger partial charge is 0.493 e. The predicted octanol–water partition coefficient (Wildman–Crippen LogP) is 4.10.